The number of ketones is 1. The Labute approximate surface area is 132 Å². The van der Waals surface area contributed by atoms with E-state index in [4.69, 9.17) is 4.74 Å². The van der Waals surface area contributed by atoms with Crippen molar-refractivity contribution < 1.29 is 40.2 Å². The topological polar surface area (TPSA) is 148 Å². The van der Waals surface area contributed by atoms with E-state index in [1.54, 1.807) is 0 Å². The second-order valence-corrected chi connectivity index (χ2v) is 6.69. The number of hydrogen-bond donors (Lipinski definition) is 6. The van der Waals surface area contributed by atoms with Gasteiger partial charge < -0.3 is 35.4 Å². The average Bonchev–Trinajstić information content (AvgIpc) is 2.50. The lowest BCUT2D eigenvalue weighted by molar-refractivity contribution is -0.179. The summed E-state index contributed by atoms with van der Waals surface area (Å²) in [6.45, 7) is 0. The molecule has 0 radical (unpaired) electrons. The predicted octanol–water partition coefficient (Wildman–Crippen LogP) is -1.65. The lowest BCUT2D eigenvalue weighted by Gasteiger charge is -2.44. The van der Waals surface area contributed by atoms with Crippen LogP contribution in [0.2, 0.25) is 0 Å². The van der Waals surface area contributed by atoms with Gasteiger partial charge in [0.2, 0.25) is 5.78 Å². The molecule has 8 heteroatoms. The van der Waals surface area contributed by atoms with Crippen molar-refractivity contribution in [2.45, 2.75) is 62.3 Å². The van der Waals surface area contributed by atoms with Crippen molar-refractivity contribution >= 4 is 5.78 Å². The second-order valence-electron chi connectivity index (χ2n) is 6.69. The first-order valence-corrected chi connectivity index (χ1v) is 7.85. The number of carbonyl (C=O) groups excluding carboxylic acids is 1. The van der Waals surface area contributed by atoms with Crippen molar-refractivity contribution in [3.05, 3.63) is 11.5 Å². The summed E-state index contributed by atoms with van der Waals surface area (Å²) in [5, 5.41) is 59.3. The molecule has 0 saturated heterocycles. The monoisotopic (exact) mass is 330 g/mol. The molecule has 2 aliphatic carbocycles. The molecule has 0 amide bonds. The molecule has 130 valence electrons. The van der Waals surface area contributed by atoms with E-state index in [2.05, 4.69) is 0 Å². The van der Waals surface area contributed by atoms with Crippen LogP contribution < -0.4 is 0 Å². The van der Waals surface area contributed by atoms with E-state index in [1.165, 1.54) is 0 Å². The highest BCUT2D eigenvalue weighted by molar-refractivity contribution is 5.97. The zero-order valence-electron chi connectivity index (χ0n) is 12.4. The Morgan fingerprint density at radius 2 is 1.57 bits per heavy atom. The molecule has 8 unspecified atom stereocenters. The number of Topliss-reactive ketones (excluding diaryl/α,β-unsaturated/α-hetero) is 1. The number of aliphatic hydroxyl groups excluding tert-OH is 6. The Morgan fingerprint density at radius 3 is 2.22 bits per heavy atom. The third-order valence-corrected chi connectivity index (χ3v) is 5.17. The van der Waals surface area contributed by atoms with Crippen LogP contribution in [0, 0.1) is 11.8 Å². The molecule has 0 bridgehead atoms. The SMILES string of the molecule is O=C1C(O)=C(C2CCC(O)C(O)C2)OC2C(O)C(O)CC(O)C12. The van der Waals surface area contributed by atoms with Crippen LogP contribution in [0.4, 0.5) is 0 Å². The van der Waals surface area contributed by atoms with Gasteiger partial charge in [-0.3, -0.25) is 4.79 Å². The van der Waals surface area contributed by atoms with Crippen LogP contribution in [0.25, 0.3) is 0 Å². The fourth-order valence-electron chi connectivity index (χ4n) is 3.79. The minimum Gasteiger partial charge on any atom is -0.502 e. The highest BCUT2D eigenvalue weighted by Gasteiger charge is 2.53. The molecule has 2 saturated carbocycles. The molecule has 23 heavy (non-hydrogen) atoms. The standard InChI is InChI=1S/C15H22O8/c16-6-2-1-5(3-7(6)17)14-13(22)12(21)10-8(18)4-9(19)11(20)15(10)23-14/h5-11,15-20,22H,1-4H2. The van der Waals surface area contributed by atoms with E-state index in [0.717, 1.165) is 0 Å². The van der Waals surface area contributed by atoms with Gasteiger partial charge in [0.05, 0.1) is 30.3 Å². The largest absolute Gasteiger partial charge is 0.502 e. The second kappa shape index (κ2) is 6.03. The van der Waals surface area contributed by atoms with Crippen LogP contribution in [-0.4, -0.2) is 73.0 Å². The Bertz CT molecular complexity index is 518. The predicted molar refractivity (Wildman–Crippen MR) is 75.0 cm³/mol. The summed E-state index contributed by atoms with van der Waals surface area (Å²) >= 11 is 0. The van der Waals surface area contributed by atoms with Crippen molar-refractivity contribution in [1.82, 2.24) is 0 Å². The number of aliphatic hydroxyl groups is 6. The van der Waals surface area contributed by atoms with E-state index in [0.29, 0.717) is 12.8 Å². The van der Waals surface area contributed by atoms with Crippen molar-refractivity contribution in [3.63, 3.8) is 0 Å². The third kappa shape index (κ3) is 2.74. The third-order valence-electron chi connectivity index (χ3n) is 5.17. The summed E-state index contributed by atoms with van der Waals surface area (Å²) in [6.07, 6.45) is -6.13. The minimum absolute atomic E-state index is 0.0393. The molecule has 8 atom stereocenters. The Morgan fingerprint density at radius 1 is 0.870 bits per heavy atom. The smallest absolute Gasteiger partial charge is 0.210 e. The van der Waals surface area contributed by atoms with Crippen molar-refractivity contribution in [2.75, 3.05) is 0 Å². The Hall–Kier alpha value is -1.19. The maximum atomic E-state index is 12.4. The summed E-state index contributed by atoms with van der Waals surface area (Å²) in [6, 6.07) is 0. The molecule has 2 fully saturated rings. The van der Waals surface area contributed by atoms with Gasteiger partial charge in [-0.2, -0.15) is 0 Å². The van der Waals surface area contributed by atoms with Crippen LogP contribution >= 0.6 is 0 Å². The summed E-state index contributed by atoms with van der Waals surface area (Å²) in [4.78, 5) is 12.4. The molecule has 0 aromatic carbocycles. The molecule has 6 N–H and O–H groups in total. The fraction of sp³-hybridized carbons (Fsp3) is 0.800. The minimum atomic E-state index is -1.35. The van der Waals surface area contributed by atoms with Gasteiger partial charge in [-0.05, 0) is 19.3 Å². The van der Waals surface area contributed by atoms with E-state index in [1.807, 2.05) is 0 Å². The first-order valence-electron chi connectivity index (χ1n) is 7.85. The number of allylic oxidation sites excluding steroid dienone is 2. The molecule has 3 rings (SSSR count). The molecule has 0 aromatic heterocycles. The van der Waals surface area contributed by atoms with Gasteiger partial charge in [0, 0.05) is 12.3 Å². The summed E-state index contributed by atoms with van der Waals surface area (Å²) in [5.41, 5.74) is 0. The van der Waals surface area contributed by atoms with E-state index in [9.17, 15) is 35.4 Å². The molecule has 8 nitrogen and oxygen atoms in total. The van der Waals surface area contributed by atoms with Gasteiger partial charge >= 0.3 is 0 Å². The normalized spacial score (nSPS) is 48.0. The zero-order valence-corrected chi connectivity index (χ0v) is 12.4. The number of ether oxygens (including phenoxy) is 1. The highest BCUT2D eigenvalue weighted by Crippen LogP contribution is 2.41. The number of hydrogen-bond acceptors (Lipinski definition) is 8. The molecular formula is C15H22O8. The summed E-state index contributed by atoms with van der Waals surface area (Å²) in [7, 11) is 0. The van der Waals surface area contributed by atoms with Gasteiger partial charge in [0.25, 0.3) is 0 Å². The molecule has 1 heterocycles. The van der Waals surface area contributed by atoms with Gasteiger partial charge in [-0.1, -0.05) is 0 Å². The summed E-state index contributed by atoms with van der Waals surface area (Å²) < 4.78 is 5.60. The Balaban J connectivity index is 1.88. The lowest BCUT2D eigenvalue weighted by Crippen LogP contribution is -2.58. The average molecular weight is 330 g/mol. The van der Waals surface area contributed by atoms with Crippen LogP contribution in [0.1, 0.15) is 25.7 Å². The van der Waals surface area contributed by atoms with Crippen molar-refractivity contribution in [2.24, 2.45) is 11.8 Å². The molecular weight excluding hydrogens is 308 g/mol. The molecule has 3 aliphatic rings. The molecule has 0 spiro atoms. The van der Waals surface area contributed by atoms with Crippen LogP contribution in [-0.2, 0) is 9.53 Å². The van der Waals surface area contributed by atoms with E-state index in [-0.39, 0.29) is 18.6 Å². The van der Waals surface area contributed by atoms with E-state index < -0.39 is 60.0 Å². The van der Waals surface area contributed by atoms with Crippen LogP contribution in [0.3, 0.4) is 0 Å². The van der Waals surface area contributed by atoms with E-state index >= 15 is 0 Å². The van der Waals surface area contributed by atoms with Crippen molar-refractivity contribution in [3.8, 4) is 0 Å². The highest BCUT2D eigenvalue weighted by atomic mass is 16.5. The van der Waals surface area contributed by atoms with Crippen LogP contribution in [0.5, 0.6) is 0 Å². The van der Waals surface area contributed by atoms with Gasteiger partial charge in [-0.15, -0.1) is 0 Å². The quantitative estimate of drug-likeness (QED) is 0.335. The number of fused-ring (bicyclic) bond motifs is 1. The Kier molecular flexibility index (Phi) is 4.37. The zero-order chi connectivity index (χ0) is 16.9. The molecule has 0 aromatic rings. The van der Waals surface area contributed by atoms with Gasteiger partial charge in [-0.25, -0.2) is 0 Å². The fourth-order valence-corrected chi connectivity index (χ4v) is 3.79. The maximum absolute atomic E-state index is 12.4. The van der Waals surface area contributed by atoms with Crippen LogP contribution in [0.15, 0.2) is 11.5 Å². The number of carbonyl (C=O) groups is 1. The maximum Gasteiger partial charge on any atom is 0.210 e. The van der Waals surface area contributed by atoms with Gasteiger partial charge in [0.15, 0.2) is 5.76 Å². The first kappa shape index (κ1) is 16.7. The number of rotatable bonds is 1. The first-order chi connectivity index (χ1) is 10.8. The van der Waals surface area contributed by atoms with Crippen molar-refractivity contribution in [1.29, 1.82) is 0 Å². The van der Waals surface area contributed by atoms with Gasteiger partial charge in [0.1, 0.15) is 18.0 Å². The lowest BCUT2D eigenvalue weighted by atomic mass is 9.74. The summed E-state index contributed by atoms with van der Waals surface area (Å²) in [5.74, 6) is -2.97. The molecule has 1 aliphatic heterocycles.